The standard InChI is InChI=1S/C15H16ClNO/c1-11-2-4-12(5-3-11)15(10-17)18-14-8-6-13(16)7-9-14/h2-9,15H,10,17H2,1H3. The van der Waals surface area contributed by atoms with Gasteiger partial charge in [-0.15, -0.1) is 0 Å². The van der Waals surface area contributed by atoms with Crippen LogP contribution in [-0.2, 0) is 0 Å². The van der Waals surface area contributed by atoms with Crippen molar-refractivity contribution in [2.45, 2.75) is 13.0 Å². The fourth-order valence-electron chi connectivity index (χ4n) is 1.71. The second-order valence-electron chi connectivity index (χ2n) is 4.21. The maximum absolute atomic E-state index is 5.86. The minimum absolute atomic E-state index is 0.133. The summed E-state index contributed by atoms with van der Waals surface area (Å²) < 4.78 is 5.86. The number of aryl methyl sites for hydroxylation is 1. The fraction of sp³-hybridized carbons (Fsp3) is 0.200. The first-order valence-corrected chi connectivity index (χ1v) is 6.25. The lowest BCUT2D eigenvalue weighted by Crippen LogP contribution is -2.18. The van der Waals surface area contributed by atoms with Gasteiger partial charge in [0.05, 0.1) is 0 Å². The normalized spacial score (nSPS) is 12.2. The lowest BCUT2D eigenvalue weighted by Gasteiger charge is -2.18. The molecule has 0 amide bonds. The zero-order valence-corrected chi connectivity index (χ0v) is 11.0. The maximum atomic E-state index is 5.86. The van der Waals surface area contributed by atoms with E-state index in [1.165, 1.54) is 5.56 Å². The van der Waals surface area contributed by atoms with Crippen molar-refractivity contribution in [2.24, 2.45) is 5.73 Å². The van der Waals surface area contributed by atoms with Gasteiger partial charge in [0.25, 0.3) is 0 Å². The van der Waals surface area contributed by atoms with Crippen molar-refractivity contribution in [3.05, 3.63) is 64.7 Å². The molecule has 0 radical (unpaired) electrons. The molecule has 2 aromatic carbocycles. The largest absolute Gasteiger partial charge is 0.484 e. The van der Waals surface area contributed by atoms with E-state index in [2.05, 4.69) is 19.1 Å². The Balaban J connectivity index is 2.14. The number of hydrogen-bond acceptors (Lipinski definition) is 2. The van der Waals surface area contributed by atoms with Crippen LogP contribution in [0.3, 0.4) is 0 Å². The molecule has 3 heteroatoms. The molecule has 0 heterocycles. The van der Waals surface area contributed by atoms with Crippen molar-refractivity contribution in [1.29, 1.82) is 0 Å². The molecular weight excluding hydrogens is 246 g/mol. The van der Waals surface area contributed by atoms with E-state index < -0.39 is 0 Å². The zero-order chi connectivity index (χ0) is 13.0. The van der Waals surface area contributed by atoms with E-state index in [9.17, 15) is 0 Å². The first-order valence-electron chi connectivity index (χ1n) is 5.88. The molecule has 1 unspecified atom stereocenters. The van der Waals surface area contributed by atoms with Crippen LogP contribution in [0.1, 0.15) is 17.2 Å². The third-order valence-corrected chi connectivity index (χ3v) is 3.01. The van der Waals surface area contributed by atoms with Crippen molar-refractivity contribution >= 4 is 11.6 Å². The molecule has 2 nitrogen and oxygen atoms in total. The third-order valence-electron chi connectivity index (χ3n) is 2.76. The highest BCUT2D eigenvalue weighted by Crippen LogP contribution is 2.23. The number of hydrogen-bond donors (Lipinski definition) is 1. The molecule has 94 valence electrons. The Hall–Kier alpha value is -1.51. The van der Waals surface area contributed by atoms with Crippen molar-refractivity contribution in [3.8, 4) is 5.75 Å². The van der Waals surface area contributed by atoms with Gasteiger partial charge >= 0.3 is 0 Å². The van der Waals surface area contributed by atoms with E-state index >= 15 is 0 Å². The van der Waals surface area contributed by atoms with Crippen LogP contribution in [0, 0.1) is 6.92 Å². The third kappa shape index (κ3) is 3.25. The van der Waals surface area contributed by atoms with Crippen molar-refractivity contribution in [1.82, 2.24) is 0 Å². The minimum atomic E-state index is -0.133. The smallest absolute Gasteiger partial charge is 0.136 e. The van der Waals surface area contributed by atoms with Crippen molar-refractivity contribution in [3.63, 3.8) is 0 Å². The molecule has 0 aliphatic rings. The van der Waals surface area contributed by atoms with E-state index in [0.29, 0.717) is 11.6 Å². The average Bonchev–Trinajstić information content (AvgIpc) is 2.39. The first-order chi connectivity index (χ1) is 8.69. The lowest BCUT2D eigenvalue weighted by molar-refractivity contribution is 0.214. The summed E-state index contributed by atoms with van der Waals surface area (Å²) in [5.41, 5.74) is 8.07. The van der Waals surface area contributed by atoms with Crippen LogP contribution in [0.4, 0.5) is 0 Å². The van der Waals surface area contributed by atoms with Crippen LogP contribution in [0.2, 0.25) is 5.02 Å². The van der Waals surface area contributed by atoms with Gasteiger partial charge in [-0.05, 0) is 36.8 Å². The van der Waals surface area contributed by atoms with Crippen LogP contribution < -0.4 is 10.5 Å². The Morgan fingerprint density at radius 2 is 1.67 bits per heavy atom. The van der Waals surface area contributed by atoms with Crippen LogP contribution in [-0.4, -0.2) is 6.54 Å². The van der Waals surface area contributed by atoms with Gasteiger partial charge in [0.1, 0.15) is 11.9 Å². The van der Waals surface area contributed by atoms with Gasteiger partial charge in [-0.1, -0.05) is 41.4 Å². The Kier molecular flexibility index (Phi) is 4.24. The summed E-state index contributed by atoms with van der Waals surface area (Å²) in [6.07, 6.45) is -0.133. The molecule has 0 saturated heterocycles. The number of halogens is 1. The van der Waals surface area contributed by atoms with E-state index in [1.54, 1.807) is 12.1 Å². The predicted octanol–water partition coefficient (Wildman–Crippen LogP) is 3.73. The molecule has 0 aromatic heterocycles. The summed E-state index contributed by atoms with van der Waals surface area (Å²) in [5, 5.41) is 0.696. The summed E-state index contributed by atoms with van der Waals surface area (Å²) in [4.78, 5) is 0. The van der Waals surface area contributed by atoms with Crippen LogP contribution >= 0.6 is 11.6 Å². The molecule has 2 aromatic rings. The van der Waals surface area contributed by atoms with Gasteiger partial charge in [0.15, 0.2) is 0 Å². The van der Waals surface area contributed by atoms with Gasteiger partial charge in [0, 0.05) is 11.6 Å². The summed E-state index contributed by atoms with van der Waals surface area (Å²) >= 11 is 5.84. The van der Waals surface area contributed by atoms with E-state index in [1.807, 2.05) is 24.3 Å². The quantitative estimate of drug-likeness (QED) is 0.910. The van der Waals surface area contributed by atoms with E-state index in [-0.39, 0.29) is 6.10 Å². The second-order valence-corrected chi connectivity index (χ2v) is 4.64. The van der Waals surface area contributed by atoms with Gasteiger partial charge in [-0.25, -0.2) is 0 Å². The highest BCUT2D eigenvalue weighted by atomic mass is 35.5. The van der Waals surface area contributed by atoms with Gasteiger partial charge in [-0.3, -0.25) is 0 Å². The molecule has 0 saturated carbocycles. The van der Waals surface area contributed by atoms with Crippen LogP contribution in [0.25, 0.3) is 0 Å². The number of rotatable bonds is 4. The molecule has 0 spiro atoms. The average molecular weight is 262 g/mol. The topological polar surface area (TPSA) is 35.2 Å². The number of benzene rings is 2. The molecule has 0 fully saturated rings. The Labute approximate surface area is 112 Å². The summed E-state index contributed by atoms with van der Waals surface area (Å²) in [6.45, 7) is 2.49. The molecule has 2 rings (SSSR count). The number of nitrogens with two attached hydrogens (primary N) is 1. The molecule has 0 aliphatic carbocycles. The predicted molar refractivity (Wildman–Crippen MR) is 75.1 cm³/mol. The Bertz CT molecular complexity index is 493. The first kappa shape index (κ1) is 12.9. The summed E-state index contributed by atoms with van der Waals surface area (Å²) in [5.74, 6) is 0.774. The van der Waals surface area contributed by atoms with Crippen LogP contribution in [0.5, 0.6) is 5.75 Å². The van der Waals surface area contributed by atoms with Gasteiger partial charge < -0.3 is 10.5 Å². The van der Waals surface area contributed by atoms with Crippen molar-refractivity contribution in [2.75, 3.05) is 6.54 Å². The monoisotopic (exact) mass is 261 g/mol. The molecule has 2 N–H and O–H groups in total. The maximum Gasteiger partial charge on any atom is 0.136 e. The van der Waals surface area contributed by atoms with Crippen molar-refractivity contribution < 1.29 is 4.74 Å². The molecule has 0 bridgehead atoms. The molecule has 0 aliphatic heterocycles. The summed E-state index contributed by atoms with van der Waals surface area (Å²) in [6, 6.07) is 15.5. The van der Waals surface area contributed by atoms with Crippen LogP contribution in [0.15, 0.2) is 48.5 Å². The van der Waals surface area contributed by atoms with E-state index in [0.717, 1.165) is 11.3 Å². The Morgan fingerprint density at radius 1 is 1.06 bits per heavy atom. The Morgan fingerprint density at radius 3 is 2.22 bits per heavy atom. The second kappa shape index (κ2) is 5.89. The zero-order valence-electron chi connectivity index (χ0n) is 10.3. The molecule has 18 heavy (non-hydrogen) atoms. The fourth-order valence-corrected chi connectivity index (χ4v) is 1.84. The lowest BCUT2D eigenvalue weighted by atomic mass is 10.1. The number of ether oxygens (including phenoxy) is 1. The highest BCUT2D eigenvalue weighted by Gasteiger charge is 2.11. The highest BCUT2D eigenvalue weighted by molar-refractivity contribution is 6.30. The van der Waals surface area contributed by atoms with Gasteiger partial charge in [-0.2, -0.15) is 0 Å². The molecule has 1 atom stereocenters. The SMILES string of the molecule is Cc1ccc(C(CN)Oc2ccc(Cl)cc2)cc1. The van der Waals surface area contributed by atoms with E-state index in [4.69, 9.17) is 22.1 Å². The molecular formula is C15H16ClNO. The minimum Gasteiger partial charge on any atom is -0.484 e. The summed E-state index contributed by atoms with van der Waals surface area (Å²) in [7, 11) is 0. The van der Waals surface area contributed by atoms with Gasteiger partial charge in [0.2, 0.25) is 0 Å².